The molecule has 180 valence electrons. The number of fused-ring (bicyclic) bond motifs is 1. The Balaban J connectivity index is 1.60. The van der Waals surface area contributed by atoms with Crippen LogP contribution < -0.4 is 20.3 Å². The molecule has 35 heavy (non-hydrogen) atoms. The van der Waals surface area contributed by atoms with Gasteiger partial charge in [0.05, 0.1) is 36.1 Å². The SMILES string of the molecule is COc1ccc(CNC(=O)C(C)Sc2nc3ccccc3c(=O)n2-c2ccccc2F)cc1OC. The van der Waals surface area contributed by atoms with Crippen LogP contribution in [0.15, 0.2) is 76.7 Å². The Morgan fingerprint density at radius 2 is 1.77 bits per heavy atom. The Labute approximate surface area is 205 Å². The number of methoxy groups -OCH3 is 2. The zero-order valence-corrected chi connectivity index (χ0v) is 20.3. The molecule has 1 unspecified atom stereocenters. The first-order chi connectivity index (χ1) is 16.9. The van der Waals surface area contributed by atoms with Crippen molar-refractivity contribution in [2.75, 3.05) is 14.2 Å². The normalized spacial score (nSPS) is 11.8. The molecule has 1 aromatic heterocycles. The molecule has 3 aromatic carbocycles. The molecule has 0 aliphatic heterocycles. The number of hydrogen-bond donors (Lipinski definition) is 1. The number of nitrogens with zero attached hydrogens (tertiary/aromatic N) is 2. The van der Waals surface area contributed by atoms with Crippen molar-refractivity contribution in [3.63, 3.8) is 0 Å². The first-order valence-corrected chi connectivity index (χ1v) is 11.7. The van der Waals surface area contributed by atoms with Crippen LogP contribution in [0.2, 0.25) is 0 Å². The summed E-state index contributed by atoms with van der Waals surface area (Å²) >= 11 is 1.09. The second-order valence-corrected chi connectivity index (χ2v) is 8.98. The number of carbonyl (C=O) groups excluding carboxylic acids is 1. The van der Waals surface area contributed by atoms with Gasteiger partial charge in [-0.05, 0) is 48.9 Å². The number of carbonyl (C=O) groups is 1. The van der Waals surface area contributed by atoms with Crippen LogP contribution in [-0.2, 0) is 11.3 Å². The van der Waals surface area contributed by atoms with Crippen LogP contribution in [0, 0.1) is 5.82 Å². The highest BCUT2D eigenvalue weighted by Crippen LogP contribution is 2.28. The Morgan fingerprint density at radius 3 is 2.51 bits per heavy atom. The smallest absolute Gasteiger partial charge is 0.266 e. The molecular formula is C26H24FN3O4S. The molecule has 0 fully saturated rings. The van der Waals surface area contributed by atoms with Gasteiger partial charge in [0.1, 0.15) is 5.82 Å². The number of nitrogens with one attached hydrogen (secondary N) is 1. The van der Waals surface area contributed by atoms with Crippen LogP contribution in [0.25, 0.3) is 16.6 Å². The average molecular weight is 494 g/mol. The number of thioether (sulfide) groups is 1. The third-order valence-electron chi connectivity index (χ3n) is 5.40. The summed E-state index contributed by atoms with van der Waals surface area (Å²) in [5.74, 6) is 0.349. The standard InChI is InChI=1S/C26H24FN3O4S/c1-16(24(31)28-15-17-12-13-22(33-2)23(14-17)34-3)35-26-29-20-10-6-4-8-18(20)25(32)30(26)21-11-7-5-9-19(21)27/h4-14,16H,15H2,1-3H3,(H,28,31). The lowest BCUT2D eigenvalue weighted by atomic mass is 10.2. The number of rotatable bonds is 8. The molecule has 1 N–H and O–H groups in total. The van der Waals surface area contributed by atoms with Crippen molar-refractivity contribution in [2.24, 2.45) is 0 Å². The van der Waals surface area contributed by atoms with Crippen LogP contribution in [0.1, 0.15) is 12.5 Å². The Hall–Kier alpha value is -3.85. The molecule has 0 spiro atoms. The first-order valence-electron chi connectivity index (χ1n) is 10.8. The summed E-state index contributed by atoms with van der Waals surface area (Å²) in [5, 5.41) is 2.87. The number of aromatic nitrogens is 2. The van der Waals surface area contributed by atoms with Crippen molar-refractivity contribution >= 4 is 28.6 Å². The Bertz CT molecular complexity index is 1440. The predicted octanol–water partition coefficient (Wildman–Crippen LogP) is 4.34. The summed E-state index contributed by atoms with van der Waals surface area (Å²) in [6, 6.07) is 18.3. The third-order valence-corrected chi connectivity index (χ3v) is 6.46. The third kappa shape index (κ3) is 5.14. The largest absolute Gasteiger partial charge is 0.493 e. The zero-order chi connectivity index (χ0) is 24.9. The molecule has 1 amide bonds. The van der Waals surface area contributed by atoms with Crippen LogP contribution >= 0.6 is 11.8 Å². The number of benzene rings is 3. The maximum atomic E-state index is 14.7. The van der Waals surface area contributed by atoms with Crippen molar-refractivity contribution in [1.82, 2.24) is 14.9 Å². The summed E-state index contributed by atoms with van der Waals surface area (Å²) in [4.78, 5) is 30.8. The number of ether oxygens (including phenoxy) is 2. The van der Waals surface area contributed by atoms with E-state index in [0.29, 0.717) is 22.4 Å². The topological polar surface area (TPSA) is 82.5 Å². The minimum atomic E-state index is -0.610. The molecule has 7 nitrogen and oxygen atoms in total. The highest BCUT2D eigenvalue weighted by molar-refractivity contribution is 8.00. The van der Waals surface area contributed by atoms with E-state index in [0.717, 1.165) is 17.3 Å². The molecule has 4 aromatic rings. The fourth-order valence-electron chi connectivity index (χ4n) is 3.57. The number of para-hydroxylation sites is 2. The fraction of sp³-hybridized carbons (Fsp3) is 0.192. The molecule has 9 heteroatoms. The molecule has 1 heterocycles. The van der Waals surface area contributed by atoms with E-state index >= 15 is 0 Å². The second kappa shape index (κ2) is 10.6. The zero-order valence-electron chi connectivity index (χ0n) is 19.4. The summed E-state index contributed by atoms with van der Waals surface area (Å²) in [6.45, 7) is 1.98. The average Bonchev–Trinajstić information content (AvgIpc) is 2.88. The highest BCUT2D eigenvalue weighted by Gasteiger charge is 2.21. The van der Waals surface area contributed by atoms with Crippen LogP contribution in [0.5, 0.6) is 11.5 Å². The molecular weight excluding hydrogens is 469 g/mol. The summed E-state index contributed by atoms with van der Waals surface area (Å²) < 4.78 is 26.4. The van der Waals surface area contributed by atoms with Crippen molar-refractivity contribution < 1.29 is 18.7 Å². The number of amides is 1. The lowest BCUT2D eigenvalue weighted by Gasteiger charge is -2.17. The number of halogens is 1. The van der Waals surface area contributed by atoms with E-state index < -0.39 is 16.6 Å². The quantitative estimate of drug-likeness (QED) is 0.291. The minimum absolute atomic E-state index is 0.0798. The van der Waals surface area contributed by atoms with Gasteiger partial charge in [0.2, 0.25) is 5.91 Å². The molecule has 0 aliphatic rings. The van der Waals surface area contributed by atoms with E-state index in [-0.39, 0.29) is 23.3 Å². The summed E-state index contributed by atoms with van der Waals surface area (Å²) in [7, 11) is 3.10. The van der Waals surface area contributed by atoms with E-state index in [1.165, 1.54) is 16.7 Å². The lowest BCUT2D eigenvalue weighted by Crippen LogP contribution is -2.31. The molecule has 0 radical (unpaired) electrons. The minimum Gasteiger partial charge on any atom is -0.493 e. The van der Waals surface area contributed by atoms with Gasteiger partial charge >= 0.3 is 0 Å². The van der Waals surface area contributed by atoms with Gasteiger partial charge in [-0.25, -0.2) is 9.37 Å². The molecule has 0 bridgehead atoms. The van der Waals surface area contributed by atoms with E-state index in [1.807, 2.05) is 6.07 Å². The van der Waals surface area contributed by atoms with Crippen LogP contribution in [-0.4, -0.2) is 34.9 Å². The van der Waals surface area contributed by atoms with Gasteiger partial charge in [-0.1, -0.05) is 42.1 Å². The van der Waals surface area contributed by atoms with E-state index in [9.17, 15) is 14.0 Å². The Kier molecular flexibility index (Phi) is 7.36. The van der Waals surface area contributed by atoms with Crippen molar-refractivity contribution in [2.45, 2.75) is 23.9 Å². The molecule has 4 rings (SSSR count). The molecule has 1 atom stereocenters. The fourth-order valence-corrected chi connectivity index (χ4v) is 4.52. The summed E-state index contributed by atoms with van der Waals surface area (Å²) in [5.41, 5.74) is 0.989. The van der Waals surface area contributed by atoms with Gasteiger partial charge in [-0.3, -0.25) is 14.2 Å². The maximum Gasteiger partial charge on any atom is 0.266 e. The molecule has 0 saturated heterocycles. The second-order valence-electron chi connectivity index (χ2n) is 7.67. The molecule has 0 saturated carbocycles. The van der Waals surface area contributed by atoms with Crippen molar-refractivity contribution in [3.05, 3.63) is 88.5 Å². The Morgan fingerprint density at radius 1 is 1.06 bits per heavy atom. The van der Waals surface area contributed by atoms with Gasteiger partial charge in [0.15, 0.2) is 16.7 Å². The van der Waals surface area contributed by atoms with E-state index in [1.54, 1.807) is 69.7 Å². The monoisotopic (exact) mass is 493 g/mol. The van der Waals surface area contributed by atoms with E-state index in [2.05, 4.69) is 10.3 Å². The highest BCUT2D eigenvalue weighted by atomic mass is 32.2. The maximum absolute atomic E-state index is 14.7. The number of hydrogen-bond acceptors (Lipinski definition) is 6. The first kappa shape index (κ1) is 24.3. The van der Waals surface area contributed by atoms with Crippen LogP contribution in [0.3, 0.4) is 0 Å². The van der Waals surface area contributed by atoms with Gasteiger partial charge in [0.25, 0.3) is 5.56 Å². The van der Waals surface area contributed by atoms with Crippen LogP contribution in [0.4, 0.5) is 4.39 Å². The van der Waals surface area contributed by atoms with Crippen molar-refractivity contribution in [3.8, 4) is 17.2 Å². The van der Waals surface area contributed by atoms with Gasteiger partial charge < -0.3 is 14.8 Å². The van der Waals surface area contributed by atoms with Crippen molar-refractivity contribution in [1.29, 1.82) is 0 Å². The van der Waals surface area contributed by atoms with Gasteiger partial charge in [-0.15, -0.1) is 0 Å². The van der Waals surface area contributed by atoms with Gasteiger partial charge in [-0.2, -0.15) is 0 Å². The molecule has 0 aliphatic carbocycles. The summed E-state index contributed by atoms with van der Waals surface area (Å²) in [6.07, 6.45) is 0. The lowest BCUT2D eigenvalue weighted by molar-refractivity contribution is -0.120. The van der Waals surface area contributed by atoms with E-state index in [4.69, 9.17) is 9.47 Å². The predicted molar refractivity (Wildman–Crippen MR) is 134 cm³/mol. The van der Waals surface area contributed by atoms with Gasteiger partial charge in [0, 0.05) is 6.54 Å².